The monoisotopic (exact) mass is 220 g/mol. The lowest BCUT2D eigenvalue weighted by molar-refractivity contribution is 0.0690. The Kier molecular flexibility index (Phi) is 2.24. The average Bonchev–Trinajstić information content (AvgIpc) is 2.23. The minimum absolute atomic E-state index is 0.0294. The van der Waals surface area contributed by atoms with Crippen molar-refractivity contribution in [1.29, 1.82) is 0 Å². The van der Waals surface area contributed by atoms with Crippen LogP contribution in [0.25, 0.3) is 10.8 Å². The molecule has 0 bridgehead atoms. The van der Waals surface area contributed by atoms with E-state index in [-0.39, 0.29) is 5.69 Å². The molecule has 0 aliphatic heterocycles. The smallest absolute Gasteiger partial charge is 0.356 e. The molecule has 2 aromatic rings. The molecule has 2 rings (SSSR count). The summed E-state index contributed by atoms with van der Waals surface area (Å²) in [6, 6.07) is 7.10. The van der Waals surface area contributed by atoms with E-state index in [4.69, 9.17) is 17.3 Å². The van der Waals surface area contributed by atoms with Crippen molar-refractivity contribution in [2.75, 3.05) is 0 Å². The van der Waals surface area contributed by atoms with Crippen LogP contribution in [-0.4, -0.2) is 20.9 Å². The van der Waals surface area contributed by atoms with Gasteiger partial charge < -0.3 is 5.11 Å². The van der Waals surface area contributed by atoms with Gasteiger partial charge in [-0.1, -0.05) is 36.5 Å². The summed E-state index contributed by atoms with van der Waals surface area (Å²) in [4.78, 5) is 11.0. The van der Waals surface area contributed by atoms with Gasteiger partial charge in [0.1, 0.15) is 4.64 Å². The maximum Gasteiger partial charge on any atom is 0.356 e. The van der Waals surface area contributed by atoms with Crippen LogP contribution >= 0.6 is 12.2 Å². The second kappa shape index (κ2) is 3.43. The summed E-state index contributed by atoms with van der Waals surface area (Å²) in [5.41, 5.74) is 0.0294. The van der Waals surface area contributed by atoms with E-state index in [2.05, 4.69) is 5.10 Å². The lowest BCUT2D eigenvalue weighted by Gasteiger charge is -2.05. The predicted octanol–water partition coefficient (Wildman–Crippen LogP) is 2.00. The largest absolute Gasteiger partial charge is 0.476 e. The average molecular weight is 220 g/mol. The van der Waals surface area contributed by atoms with Gasteiger partial charge in [-0.3, -0.25) is 4.68 Å². The third kappa shape index (κ3) is 1.50. The van der Waals surface area contributed by atoms with Crippen molar-refractivity contribution >= 4 is 29.0 Å². The van der Waals surface area contributed by atoms with E-state index in [0.717, 1.165) is 5.39 Å². The van der Waals surface area contributed by atoms with Crippen LogP contribution in [0.3, 0.4) is 0 Å². The van der Waals surface area contributed by atoms with Crippen molar-refractivity contribution in [3.8, 4) is 0 Å². The van der Waals surface area contributed by atoms with Crippen LogP contribution in [0.15, 0.2) is 24.3 Å². The summed E-state index contributed by atoms with van der Waals surface area (Å²) in [7, 11) is 1.64. The molecule has 4 nitrogen and oxygen atoms in total. The predicted molar refractivity (Wildman–Crippen MR) is 58.5 cm³/mol. The Hall–Kier alpha value is -1.75. The molecule has 0 spiro atoms. The molecular weight excluding hydrogens is 212 g/mol. The van der Waals surface area contributed by atoms with Gasteiger partial charge in [-0.2, -0.15) is 5.10 Å². The van der Waals surface area contributed by atoms with Crippen LogP contribution in [0.1, 0.15) is 10.5 Å². The number of nitrogens with zero attached hydrogens (tertiary/aromatic N) is 2. The highest BCUT2D eigenvalue weighted by atomic mass is 32.1. The van der Waals surface area contributed by atoms with Crippen LogP contribution in [0, 0.1) is 4.64 Å². The maximum atomic E-state index is 11.0. The summed E-state index contributed by atoms with van der Waals surface area (Å²) in [6.07, 6.45) is 0. The van der Waals surface area contributed by atoms with E-state index < -0.39 is 5.97 Å². The van der Waals surface area contributed by atoms with Crippen molar-refractivity contribution in [1.82, 2.24) is 9.78 Å². The molecule has 0 aliphatic rings. The van der Waals surface area contributed by atoms with Crippen LogP contribution in [0.2, 0.25) is 0 Å². The van der Waals surface area contributed by atoms with Gasteiger partial charge in [0.25, 0.3) is 0 Å². The molecule has 76 valence electrons. The van der Waals surface area contributed by atoms with E-state index in [1.165, 1.54) is 4.68 Å². The first-order valence-electron chi connectivity index (χ1n) is 4.30. The molecule has 1 aromatic carbocycles. The van der Waals surface area contributed by atoms with E-state index in [1.807, 2.05) is 6.07 Å². The Morgan fingerprint density at radius 2 is 2.00 bits per heavy atom. The van der Waals surface area contributed by atoms with Gasteiger partial charge in [0, 0.05) is 17.8 Å². The molecule has 5 heteroatoms. The Labute approximate surface area is 90.8 Å². The van der Waals surface area contributed by atoms with Gasteiger partial charge in [0.15, 0.2) is 5.69 Å². The normalized spacial score (nSPS) is 10.5. The van der Waals surface area contributed by atoms with Crippen molar-refractivity contribution < 1.29 is 9.90 Å². The minimum atomic E-state index is -1.04. The van der Waals surface area contributed by atoms with Crippen LogP contribution < -0.4 is 0 Å². The number of rotatable bonds is 1. The second-order valence-electron chi connectivity index (χ2n) is 3.13. The summed E-state index contributed by atoms with van der Waals surface area (Å²) >= 11 is 5.15. The third-order valence-corrected chi connectivity index (χ3v) is 2.64. The van der Waals surface area contributed by atoms with Crippen molar-refractivity contribution in [2.45, 2.75) is 0 Å². The fraction of sp³-hybridized carbons (Fsp3) is 0.100. The fourth-order valence-electron chi connectivity index (χ4n) is 1.46. The number of fused-ring (bicyclic) bond motifs is 1. The van der Waals surface area contributed by atoms with Crippen molar-refractivity contribution in [3.05, 3.63) is 34.6 Å². The Bertz CT molecular complexity index is 604. The SMILES string of the molecule is Cn1nc(C(=O)O)c2ccccc2c1=S. The quantitative estimate of drug-likeness (QED) is 0.747. The van der Waals surface area contributed by atoms with E-state index in [1.54, 1.807) is 25.2 Å². The van der Waals surface area contributed by atoms with Crippen LogP contribution in [0.5, 0.6) is 0 Å². The summed E-state index contributed by atoms with van der Waals surface area (Å²) < 4.78 is 1.94. The maximum absolute atomic E-state index is 11.0. The highest BCUT2D eigenvalue weighted by Gasteiger charge is 2.12. The second-order valence-corrected chi connectivity index (χ2v) is 3.51. The zero-order valence-corrected chi connectivity index (χ0v) is 8.78. The first-order valence-corrected chi connectivity index (χ1v) is 4.71. The summed E-state index contributed by atoms with van der Waals surface area (Å²) in [5, 5.41) is 14.2. The number of hydrogen-bond donors (Lipinski definition) is 1. The molecule has 15 heavy (non-hydrogen) atoms. The van der Waals surface area contributed by atoms with Gasteiger partial charge in [-0.15, -0.1) is 0 Å². The Morgan fingerprint density at radius 1 is 1.40 bits per heavy atom. The van der Waals surface area contributed by atoms with Gasteiger partial charge in [0.05, 0.1) is 0 Å². The van der Waals surface area contributed by atoms with Gasteiger partial charge in [-0.25, -0.2) is 4.79 Å². The first-order chi connectivity index (χ1) is 7.11. The molecule has 1 heterocycles. The van der Waals surface area contributed by atoms with E-state index in [0.29, 0.717) is 10.0 Å². The number of carboxylic acids is 1. The summed E-state index contributed by atoms with van der Waals surface area (Å²) in [6.45, 7) is 0. The number of aromatic carboxylic acids is 1. The summed E-state index contributed by atoms with van der Waals surface area (Å²) in [5.74, 6) is -1.04. The number of aryl methyl sites for hydroxylation is 1. The first kappa shape index (κ1) is 9.79. The third-order valence-electron chi connectivity index (χ3n) is 2.16. The van der Waals surface area contributed by atoms with Gasteiger partial charge in [0.2, 0.25) is 0 Å². The topological polar surface area (TPSA) is 55.1 Å². The molecule has 0 radical (unpaired) electrons. The van der Waals surface area contributed by atoms with Crippen molar-refractivity contribution in [3.63, 3.8) is 0 Å². The molecule has 0 aliphatic carbocycles. The number of benzene rings is 1. The molecule has 0 saturated carbocycles. The highest BCUT2D eigenvalue weighted by Crippen LogP contribution is 2.17. The molecule has 0 unspecified atom stereocenters. The molecule has 0 atom stereocenters. The molecule has 1 N–H and O–H groups in total. The molecular formula is C10H8N2O2S. The standard InChI is InChI=1S/C10H8N2O2S/c1-12-9(15)7-5-3-2-4-6(7)8(11-12)10(13)14/h2-5H,1H3,(H,13,14). The molecule has 0 saturated heterocycles. The number of aromatic nitrogens is 2. The molecule has 1 aromatic heterocycles. The Balaban J connectivity index is 3.01. The lowest BCUT2D eigenvalue weighted by Crippen LogP contribution is -2.09. The zero-order chi connectivity index (χ0) is 11.0. The molecule has 0 fully saturated rings. The number of hydrogen-bond acceptors (Lipinski definition) is 3. The lowest BCUT2D eigenvalue weighted by atomic mass is 10.1. The van der Waals surface area contributed by atoms with E-state index >= 15 is 0 Å². The Morgan fingerprint density at radius 3 is 2.60 bits per heavy atom. The fourth-order valence-corrected chi connectivity index (χ4v) is 1.68. The van der Waals surface area contributed by atoms with Crippen LogP contribution in [0.4, 0.5) is 0 Å². The van der Waals surface area contributed by atoms with Gasteiger partial charge >= 0.3 is 5.97 Å². The number of carboxylic acid groups (broad SMARTS) is 1. The highest BCUT2D eigenvalue weighted by molar-refractivity contribution is 7.71. The van der Waals surface area contributed by atoms with Gasteiger partial charge in [-0.05, 0) is 0 Å². The van der Waals surface area contributed by atoms with Crippen LogP contribution in [-0.2, 0) is 7.05 Å². The zero-order valence-electron chi connectivity index (χ0n) is 7.97. The van der Waals surface area contributed by atoms with Crippen molar-refractivity contribution in [2.24, 2.45) is 7.05 Å². The van der Waals surface area contributed by atoms with E-state index in [9.17, 15) is 4.79 Å². The molecule has 0 amide bonds. The minimum Gasteiger partial charge on any atom is -0.476 e. The number of carbonyl (C=O) groups is 1.